The van der Waals surface area contributed by atoms with Gasteiger partial charge in [0.15, 0.2) is 0 Å². The number of pyridine rings is 1. The molecule has 1 aliphatic carbocycles. The van der Waals surface area contributed by atoms with Crippen molar-refractivity contribution in [2.75, 3.05) is 17.7 Å². The topological polar surface area (TPSA) is 90.2 Å². The average Bonchev–Trinajstić information content (AvgIpc) is 3.55. The van der Waals surface area contributed by atoms with E-state index in [0.717, 1.165) is 40.7 Å². The highest BCUT2D eigenvalue weighted by atomic mass is 35.5. The molecule has 1 aromatic heterocycles. The van der Waals surface area contributed by atoms with E-state index in [-0.39, 0.29) is 6.61 Å². The fourth-order valence-corrected chi connectivity index (χ4v) is 3.59. The van der Waals surface area contributed by atoms with Crippen LogP contribution in [0.1, 0.15) is 29.5 Å². The molecule has 148 valence electrons. The highest BCUT2D eigenvalue weighted by molar-refractivity contribution is 6.32. The highest BCUT2D eigenvalue weighted by Crippen LogP contribution is 2.35. The summed E-state index contributed by atoms with van der Waals surface area (Å²) in [6, 6.07) is 11.9. The molecule has 0 atom stereocenters. The third-order valence-corrected chi connectivity index (χ3v) is 5.27. The number of ether oxygens (including phenoxy) is 1. The Hall–Kier alpha value is -3.01. The van der Waals surface area contributed by atoms with Gasteiger partial charge >= 0.3 is 0 Å². The molecule has 6 nitrogen and oxygen atoms in total. The molecular weight excluding hydrogens is 388 g/mol. The van der Waals surface area contributed by atoms with E-state index in [1.807, 2.05) is 30.3 Å². The lowest BCUT2D eigenvalue weighted by Crippen LogP contribution is -2.07. The van der Waals surface area contributed by atoms with Crippen LogP contribution in [-0.2, 0) is 13.2 Å². The quantitative estimate of drug-likeness (QED) is 0.535. The lowest BCUT2D eigenvalue weighted by molar-refractivity contribution is 0.282. The van der Waals surface area contributed by atoms with Crippen LogP contribution in [-0.4, -0.2) is 23.2 Å². The Kier molecular flexibility index (Phi) is 5.43. The molecule has 0 unspecified atom stereocenters. The first-order valence-electron chi connectivity index (χ1n) is 9.42. The Morgan fingerprint density at radius 1 is 1.31 bits per heavy atom. The van der Waals surface area contributed by atoms with E-state index in [1.54, 1.807) is 13.3 Å². The summed E-state index contributed by atoms with van der Waals surface area (Å²) < 4.78 is 5.20. The van der Waals surface area contributed by atoms with Crippen molar-refractivity contribution in [2.45, 2.75) is 32.0 Å². The van der Waals surface area contributed by atoms with Gasteiger partial charge in [-0.3, -0.25) is 4.98 Å². The van der Waals surface area contributed by atoms with Gasteiger partial charge in [0, 0.05) is 29.7 Å². The van der Waals surface area contributed by atoms with Gasteiger partial charge in [-0.25, -0.2) is 0 Å². The lowest BCUT2D eigenvalue weighted by Gasteiger charge is -2.17. The molecule has 4 rings (SSSR count). The monoisotopic (exact) mass is 408 g/mol. The van der Waals surface area contributed by atoms with Crippen molar-refractivity contribution in [1.82, 2.24) is 4.98 Å². The zero-order valence-electron chi connectivity index (χ0n) is 16.0. The Morgan fingerprint density at radius 2 is 2.14 bits per heavy atom. The van der Waals surface area contributed by atoms with Gasteiger partial charge in [0.25, 0.3) is 0 Å². The molecule has 0 spiro atoms. The van der Waals surface area contributed by atoms with Gasteiger partial charge in [0.05, 0.1) is 47.3 Å². The number of aromatic nitrogens is 1. The maximum absolute atomic E-state index is 9.84. The number of rotatable bonds is 7. The molecule has 0 aliphatic heterocycles. The Bertz CT molecular complexity index is 1110. The molecule has 3 aromatic rings. The normalized spacial score (nSPS) is 13.2. The minimum atomic E-state index is -0.156. The van der Waals surface area contributed by atoms with Crippen molar-refractivity contribution in [3.8, 4) is 11.8 Å². The third kappa shape index (κ3) is 4.07. The first kappa shape index (κ1) is 19.3. The number of aliphatic hydroxyl groups is 1. The van der Waals surface area contributed by atoms with Crippen molar-refractivity contribution < 1.29 is 9.84 Å². The van der Waals surface area contributed by atoms with Crippen LogP contribution in [0.2, 0.25) is 5.02 Å². The summed E-state index contributed by atoms with van der Waals surface area (Å²) in [5.74, 6) is 0.621. The van der Waals surface area contributed by atoms with Crippen molar-refractivity contribution in [3.05, 3.63) is 58.2 Å². The zero-order chi connectivity index (χ0) is 20.4. The minimum Gasteiger partial charge on any atom is -0.495 e. The van der Waals surface area contributed by atoms with Crippen molar-refractivity contribution in [1.29, 1.82) is 5.26 Å². The molecule has 0 bridgehead atoms. The molecule has 29 heavy (non-hydrogen) atoms. The van der Waals surface area contributed by atoms with Gasteiger partial charge < -0.3 is 20.5 Å². The zero-order valence-corrected chi connectivity index (χ0v) is 16.8. The lowest BCUT2D eigenvalue weighted by atomic mass is 10.0. The fourth-order valence-electron chi connectivity index (χ4n) is 3.31. The van der Waals surface area contributed by atoms with Crippen LogP contribution in [0.25, 0.3) is 10.9 Å². The van der Waals surface area contributed by atoms with Gasteiger partial charge in [-0.05, 0) is 42.7 Å². The maximum Gasteiger partial charge on any atom is 0.137 e. The van der Waals surface area contributed by atoms with Crippen molar-refractivity contribution in [2.24, 2.45) is 0 Å². The third-order valence-electron chi connectivity index (χ3n) is 4.97. The molecule has 1 saturated carbocycles. The van der Waals surface area contributed by atoms with E-state index in [1.165, 1.54) is 0 Å². The van der Waals surface area contributed by atoms with Crippen molar-refractivity contribution in [3.63, 3.8) is 0 Å². The van der Waals surface area contributed by atoms with Crippen LogP contribution in [0.4, 0.5) is 11.4 Å². The number of hydrogen-bond donors (Lipinski definition) is 3. The molecule has 1 fully saturated rings. The number of hydrogen-bond acceptors (Lipinski definition) is 6. The predicted molar refractivity (Wildman–Crippen MR) is 114 cm³/mol. The molecular formula is C22H21ClN4O2. The van der Waals surface area contributed by atoms with Crippen LogP contribution >= 0.6 is 11.6 Å². The highest BCUT2D eigenvalue weighted by Gasteiger charge is 2.23. The molecule has 2 aromatic carbocycles. The predicted octanol–water partition coefficient (Wildman–Crippen LogP) is 4.45. The number of fused-ring (bicyclic) bond motifs is 1. The van der Waals surface area contributed by atoms with Gasteiger partial charge in [-0.2, -0.15) is 5.26 Å². The fraction of sp³-hybridized carbons (Fsp3) is 0.273. The smallest absolute Gasteiger partial charge is 0.137 e. The van der Waals surface area contributed by atoms with E-state index in [2.05, 4.69) is 21.7 Å². The summed E-state index contributed by atoms with van der Waals surface area (Å²) in [5, 5.41) is 27.5. The molecule has 7 heteroatoms. The van der Waals surface area contributed by atoms with Gasteiger partial charge in [0.2, 0.25) is 0 Å². The number of anilines is 2. The Labute approximate surface area is 174 Å². The number of halogens is 1. The Morgan fingerprint density at radius 3 is 2.79 bits per heavy atom. The summed E-state index contributed by atoms with van der Waals surface area (Å²) in [6.07, 6.45) is 3.92. The SMILES string of the molecule is COc1ccc(CNc2c(CO)cnc3c(NC4CC4)cc(C#N)cc23)cc1Cl. The summed E-state index contributed by atoms with van der Waals surface area (Å²) in [4.78, 5) is 4.55. The molecule has 1 aliphatic rings. The first-order chi connectivity index (χ1) is 14.1. The number of methoxy groups -OCH3 is 1. The van der Waals surface area contributed by atoms with Crippen LogP contribution in [0.3, 0.4) is 0 Å². The number of aliphatic hydroxyl groups excluding tert-OH is 1. The number of nitriles is 1. The van der Waals surface area contributed by atoms with Crippen LogP contribution < -0.4 is 15.4 Å². The van der Waals surface area contributed by atoms with Gasteiger partial charge in [-0.1, -0.05) is 17.7 Å². The second kappa shape index (κ2) is 8.16. The van der Waals surface area contributed by atoms with Crippen LogP contribution in [0.15, 0.2) is 36.5 Å². The van der Waals surface area contributed by atoms with E-state index >= 15 is 0 Å². The standard InChI is InChI=1S/C22H21ClN4O2/c1-29-20-5-2-13(7-18(20)23)10-25-21-15(12-28)11-26-22-17(21)6-14(9-24)8-19(22)27-16-3-4-16/h2,5-8,11,16,27-28H,3-4,10,12H2,1H3,(H,25,26). The Balaban J connectivity index is 1.73. The molecule has 0 amide bonds. The van der Waals surface area contributed by atoms with E-state index in [4.69, 9.17) is 16.3 Å². The van der Waals surface area contributed by atoms with Gasteiger partial charge in [-0.15, -0.1) is 0 Å². The molecule has 1 heterocycles. The van der Waals surface area contributed by atoms with E-state index in [9.17, 15) is 10.4 Å². The second-order valence-electron chi connectivity index (χ2n) is 7.09. The second-order valence-corrected chi connectivity index (χ2v) is 7.50. The number of nitrogens with zero attached hydrogens (tertiary/aromatic N) is 2. The van der Waals surface area contributed by atoms with E-state index in [0.29, 0.717) is 34.5 Å². The average molecular weight is 409 g/mol. The number of benzene rings is 2. The summed E-state index contributed by atoms with van der Waals surface area (Å²) in [5.41, 5.74) is 4.58. The minimum absolute atomic E-state index is 0.156. The molecule has 3 N–H and O–H groups in total. The summed E-state index contributed by atoms with van der Waals surface area (Å²) in [7, 11) is 1.58. The van der Waals surface area contributed by atoms with E-state index < -0.39 is 0 Å². The maximum atomic E-state index is 9.84. The van der Waals surface area contributed by atoms with Crippen molar-refractivity contribution >= 4 is 33.9 Å². The number of nitrogens with one attached hydrogen (secondary N) is 2. The first-order valence-corrected chi connectivity index (χ1v) is 9.80. The molecule has 0 radical (unpaired) electrons. The summed E-state index contributed by atoms with van der Waals surface area (Å²) >= 11 is 6.23. The van der Waals surface area contributed by atoms with Gasteiger partial charge in [0.1, 0.15) is 5.75 Å². The summed E-state index contributed by atoms with van der Waals surface area (Å²) in [6.45, 7) is 0.342. The van der Waals surface area contributed by atoms with Crippen LogP contribution in [0, 0.1) is 11.3 Å². The molecule has 0 saturated heterocycles. The van der Waals surface area contributed by atoms with Crippen LogP contribution in [0.5, 0.6) is 5.75 Å². The largest absolute Gasteiger partial charge is 0.495 e.